The third-order valence-electron chi connectivity index (χ3n) is 4.25. The second kappa shape index (κ2) is 7.14. The van der Waals surface area contributed by atoms with Gasteiger partial charge in [-0.1, -0.05) is 6.07 Å². The molecule has 0 bridgehead atoms. The molecule has 1 saturated heterocycles. The zero-order valence-corrected chi connectivity index (χ0v) is 15.5. The molecule has 3 aromatic rings. The van der Waals surface area contributed by atoms with Crippen LogP contribution in [0.15, 0.2) is 52.6 Å². The van der Waals surface area contributed by atoms with E-state index in [-0.39, 0.29) is 6.04 Å². The first-order valence-corrected chi connectivity index (χ1v) is 10.6. The Bertz CT molecular complexity index is 949. The minimum Gasteiger partial charge on any atom is -0.355 e. The topological polar surface area (TPSA) is 93.0 Å². The summed E-state index contributed by atoms with van der Waals surface area (Å²) in [5, 5.41) is 5.94. The molecule has 0 atom stereocenters. The van der Waals surface area contributed by atoms with Gasteiger partial charge in [-0.2, -0.15) is 5.10 Å². The Hall–Kier alpha value is -2.30. The molecule has 136 valence electrons. The van der Waals surface area contributed by atoms with Crippen molar-refractivity contribution in [3.05, 3.63) is 48.4 Å². The summed E-state index contributed by atoms with van der Waals surface area (Å²) in [6, 6.07) is 5.13. The molecule has 1 fully saturated rings. The van der Waals surface area contributed by atoms with Crippen LogP contribution in [0.5, 0.6) is 0 Å². The standard InChI is InChI=1S/C16H18N6O2S2/c23-26(24,16-3-1-10-25-16)20-13-4-8-21(9-5-13)14-11-17-12-15(19-14)22-7-2-6-18-22/h1-3,6-7,10-13,20H,4-5,8-9H2. The van der Waals surface area contributed by atoms with E-state index in [1.165, 1.54) is 11.3 Å². The van der Waals surface area contributed by atoms with Gasteiger partial charge in [0.2, 0.25) is 10.0 Å². The van der Waals surface area contributed by atoms with E-state index in [2.05, 4.69) is 24.7 Å². The maximum Gasteiger partial charge on any atom is 0.250 e. The summed E-state index contributed by atoms with van der Waals surface area (Å²) >= 11 is 1.23. The van der Waals surface area contributed by atoms with Crippen LogP contribution in [0, 0.1) is 0 Å². The summed E-state index contributed by atoms with van der Waals surface area (Å²) < 4.78 is 29.5. The number of anilines is 1. The number of thiophene rings is 1. The van der Waals surface area contributed by atoms with Crippen molar-refractivity contribution < 1.29 is 8.42 Å². The molecule has 0 aromatic carbocycles. The SMILES string of the molecule is O=S(=O)(NC1CCN(c2cncc(-n3cccn3)n2)CC1)c1cccs1. The summed E-state index contributed by atoms with van der Waals surface area (Å²) in [5.74, 6) is 1.44. The van der Waals surface area contributed by atoms with Gasteiger partial charge in [0.25, 0.3) is 0 Å². The highest BCUT2D eigenvalue weighted by Gasteiger charge is 2.26. The fourth-order valence-corrected chi connectivity index (χ4v) is 5.25. The Morgan fingerprint density at radius 2 is 1.96 bits per heavy atom. The zero-order chi connectivity index (χ0) is 18.0. The highest BCUT2D eigenvalue weighted by Crippen LogP contribution is 2.21. The fraction of sp³-hybridized carbons (Fsp3) is 0.312. The van der Waals surface area contributed by atoms with Gasteiger partial charge in [0.05, 0.1) is 12.4 Å². The summed E-state index contributed by atoms with van der Waals surface area (Å²) in [4.78, 5) is 11.0. The van der Waals surface area contributed by atoms with E-state index in [0.29, 0.717) is 10.0 Å². The number of nitrogens with one attached hydrogen (secondary N) is 1. The van der Waals surface area contributed by atoms with E-state index >= 15 is 0 Å². The molecule has 0 amide bonds. The average molecular weight is 390 g/mol. The van der Waals surface area contributed by atoms with Crippen molar-refractivity contribution in [3.8, 4) is 5.82 Å². The van der Waals surface area contributed by atoms with Crippen LogP contribution in [-0.2, 0) is 10.0 Å². The molecule has 26 heavy (non-hydrogen) atoms. The van der Waals surface area contributed by atoms with Crippen molar-refractivity contribution in [1.82, 2.24) is 24.5 Å². The molecule has 4 heterocycles. The normalized spacial score (nSPS) is 16.1. The van der Waals surface area contributed by atoms with Crippen LogP contribution in [-0.4, -0.2) is 47.3 Å². The van der Waals surface area contributed by atoms with Gasteiger partial charge in [0.1, 0.15) is 10.0 Å². The number of hydrogen-bond donors (Lipinski definition) is 1. The minimum absolute atomic E-state index is 0.0689. The fourth-order valence-electron chi connectivity index (χ4n) is 2.93. The van der Waals surface area contributed by atoms with Crippen molar-refractivity contribution in [2.24, 2.45) is 0 Å². The van der Waals surface area contributed by atoms with Crippen LogP contribution in [0.3, 0.4) is 0 Å². The first-order valence-electron chi connectivity index (χ1n) is 8.25. The third kappa shape index (κ3) is 3.62. The van der Waals surface area contributed by atoms with Crippen LogP contribution < -0.4 is 9.62 Å². The molecule has 0 spiro atoms. The first-order chi connectivity index (χ1) is 12.6. The third-order valence-corrected chi connectivity index (χ3v) is 7.17. The van der Waals surface area contributed by atoms with Crippen LogP contribution in [0.4, 0.5) is 5.82 Å². The molecule has 8 nitrogen and oxygen atoms in total. The Kier molecular flexibility index (Phi) is 4.70. The summed E-state index contributed by atoms with van der Waals surface area (Å²) in [6.45, 7) is 1.43. The van der Waals surface area contributed by atoms with Gasteiger partial charge in [-0.05, 0) is 30.4 Å². The van der Waals surface area contributed by atoms with Crippen molar-refractivity contribution in [2.45, 2.75) is 23.1 Å². The molecular weight excluding hydrogens is 372 g/mol. The molecule has 0 radical (unpaired) electrons. The highest BCUT2D eigenvalue weighted by molar-refractivity contribution is 7.91. The predicted molar refractivity (Wildman–Crippen MR) is 99.0 cm³/mol. The quantitative estimate of drug-likeness (QED) is 0.712. The highest BCUT2D eigenvalue weighted by atomic mass is 32.2. The second-order valence-corrected chi connectivity index (χ2v) is 8.89. The molecule has 1 aliphatic heterocycles. The van der Waals surface area contributed by atoms with E-state index in [9.17, 15) is 8.42 Å². The lowest BCUT2D eigenvalue weighted by Gasteiger charge is -2.32. The molecule has 0 aliphatic carbocycles. The Labute approximate surface area is 155 Å². The number of nitrogens with zero attached hydrogens (tertiary/aromatic N) is 5. The van der Waals surface area contributed by atoms with Crippen LogP contribution in [0.25, 0.3) is 5.82 Å². The van der Waals surface area contributed by atoms with Crippen LogP contribution in [0.1, 0.15) is 12.8 Å². The smallest absolute Gasteiger partial charge is 0.250 e. The number of sulfonamides is 1. The van der Waals surface area contributed by atoms with E-state index < -0.39 is 10.0 Å². The molecule has 0 saturated carbocycles. The molecule has 3 aromatic heterocycles. The van der Waals surface area contributed by atoms with Crippen molar-refractivity contribution in [3.63, 3.8) is 0 Å². The molecule has 4 rings (SSSR count). The lowest BCUT2D eigenvalue weighted by atomic mass is 10.1. The maximum atomic E-state index is 12.3. The molecule has 1 aliphatic rings. The lowest BCUT2D eigenvalue weighted by Crippen LogP contribution is -2.44. The van der Waals surface area contributed by atoms with Gasteiger partial charge in [-0.25, -0.2) is 22.8 Å². The van der Waals surface area contributed by atoms with E-state index in [4.69, 9.17) is 0 Å². The average Bonchev–Trinajstić information content (AvgIpc) is 3.36. The van der Waals surface area contributed by atoms with Gasteiger partial charge in [-0.15, -0.1) is 11.3 Å². The van der Waals surface area contributed by atoms with Gasteiger partial charge < -0.3 is 4.90 Å². The van der Waals surface area contributed by atoms with E-state index in [0.717, 1.165) is 31.7 Å². The van der Waals surface area contributed by atoms with Gasteiger partial charge in [0.15, 0.2) is 5.82 Å². The molecule has 0 unspecified atom stereocenters. The predicted octanol–water partition coefficient (Wildman–Crippen LogP) is 1.67. The largest absolute Gasteiger partial charge is 0.355 e. The van der Waals surface area contributed by atoms with Gasteiger partial charge in [0, 0.05) is 31.5 Å². The van der Waals surface area contributed by atoms with Gasteiger partial charge >= 0.3 is 0 Å². The number of aromatic nitrogens is 4. The summed E-state index contributed by atoms with van der Waals surface area (Å²) in [7, 11) is -3.42. The van der Waals surface area contributed by atoms with E-state index in [1.807, 2.05) is 12.3 Å². The second-order valence-electron chi connectivity index (χ2n) is 6.00. The zero-order valence-electron chi connectivity index (χ0n) is 13.9. The minimum atomic E-state index is -3.42. The Morgan fingerprint density at radius 3 is 2.65 bits per heavy atom. The van der Waals surface area contributed by atoms with Crippen molar-refractivity contribution in [2.75, 3.05) is 18.0 Å². The maximum absolute atomic E-state index is 12.3. The van der Waals surface area contributed by atoms with Crippen LogP contribution >= 0.6 is 11.3 Å². The van der Waals surface area contributed by atoms with E-state index in [1.54, 1.807) is 40.8 Å². The Balaban J connectivity index is 1.40. The summed E-state index contributed by atoms with van der Waals surface area (Å²) in [5.41, 5.74) is 0. The Morgan fingerprint density at radius 1 is 1.15 bits per heavy atom. The number of hydrogen-bond acceptors (Lipinski definition) is 7. The molecule has 1 N–H and O–H groups in total. The van der Waals surface area contributed by atoms with Crippen molar-refractivity contribution in [1.29, 1.82) is 0 Å². The lowest BCUT2D eigenvalue weighted by molar-refractivity contribution is 0.458. The van der Waals surface area contributed by atoms with Crippen LogP contribution in [0.2, 0.25) is 0 Å². The molecular formula is C16H18N6O2S2. The van der Waals surface area contributed by atoms with Gasteiger partial charge in [-0.3, -0.25) is 4.98 Å². The number of piperidine rings is 1. The molecule has 10 heteroatoms. The van der Waals surface area contributed by atoms with Crippen molar-refractivity contribution >= 4 is 27.2 Å². The summed E-state index contributed by atoms with van der Waals surface area (Å²) in [6.07, 6.45) is 8.34. The number of rotatable bonds is 5. The monoisotopic (exact) mass is 390 g/mol. The first kappa shape index (κ1) is 17.1.